The van der Waals surface area contributed by atoms with Crippen LogP contribution in [0.2, 0.25) is 5.02 Å². The Hall–Kier alpha value is -0.590. The Morgan fingerprint density at radius 1 is 1.73 bits per heavy atom. The Bertz CT molecular complexity index is 330. The van der Waals surface area contributed by atoms with Crippen LogP contribution in [0.1, 0.15) is 11.3 Å². The minimum absolute atomic E-state index is 0.393. The van der Waals surface area contributed by atoms with Crippen LogP contribution in [-0.4, -0.2) is 4.98 Å². The third-order valence-electron chi connectivity index (χ3n) is 1.25. The van der Waals surface area contributed by atoms with E-state index in [1.807, 2.05) is 13.0 Å². The van der Waals surface area contributed by atoms with Gasteiger partial charge in [0.1, 0.15) is 6.07 Å². The van der Waals surface area contributed by atoms with E-state index in [2.05, 4.69) is 20.9 Å². The molecule has 0 amide bonds. The molecule has 1 aromatic rings. The van der Waals surface area contributed by atoms with E-state index in [9.17, 15) is 0 Å². The van der Waals surface area contributed by atoms with Crippen LogP contribution in [0.4, 0.5) is 0 Å². The average Bonchev–Trinajstić information content (AvgIpc) is 2.01. The number of aryl methyl sites for hydroxylation is 1. The standard InChI is InChI=1S/C7H4BrClN2/c1-4-6(8)7(9)5(2-10)3-11-4/h3H,1H3. The van der Waals surface area contributed by atoms with Crippen LogP contribution in [-0.2, 0) is 0 Å². The van der Waals surface area contributed by atoms with Crippen LogP contribution in [0.15, 0.2) is 10.7 Å². The van der Waals surface area contributed by atoms with Gasteiger partial charge in [-0.05, 0) is 22.9 Å². The first-order chi connectivity index (χ1) is 5.16. The van der Waals surface area contributed by atoms with Crippen LogP contribution in [0.3, 0.4) is 0 Å². The van der Waals surface area contributed by atoms with E-state index in [1.165, 1.54) is 6.20 Å². The zero-order chi connectivity index (χ0) is 8.43. The second-order valence-corrected chi connectivity index (χ2v) is 3.17. The molecular weight excluding hydrogens is 227 g/mol. The lowest BCUT2D eigenvalue weighted by Crippen LogP contribution is -1.87. The number of nitrogens with zero attached hydrogens (tertiary/aromatic N) is 2. The van der Waals surface area contributed by atoms with Crippen molar-refractivity contribution in [3.63, 3.8) is 0 Å². The Balaban J connectivity index is 3.40. The third kappa shape index (κ3) is 1.52. The van der Waals surface area contributed by atoms with Crippen molar-refractivity contribution in [2.24, 2.45) is 0 Å². The highest BCUT2D eigenvalue weighted by molar-refractivity contribution is 9.10. The fourth-order valence-electron chi connectivity index (χ4n) is 0.630. The van der Waals surface area contributed by atoms with E-state index in [0.717, 1.165) is 5.69 Å². The number of rotatable bonds is 0. The highest BCUT2D eigenvalue weighted by Crippen LogP contribution is 2.27. The Morgan fingerprint density at radius 3 is 2.91 bits per heavy atom. The SMILES string of the molecule is Cc1ncc(C#N)c(Cl)c1Br. The summed E-state index contributed by atoms with van der Waals surface area (Å²) in [5.74, 6) is 0. The number of aromatic nitrogens is 1. The van der Waals surface area contributed by atoms with Crippen molar-refractivity contribution in [3.05, 3.63) is 26.9 Å². The molecule has 1 heterocycles. The van der Waals surface area contributed by atoms with Gasteiger partial charge in [-0.3, -0.25) is 4.98 Å². The summed E-state index contributed by atoms with van der Waals surface area (Å²) in [6, 6.07) is 1.94. The highest BCUT2D eigenvalue weighted by atomic mass is 79.9. The molecule has 0 aliphatic heterocycles. The van der Waals surface area contributed by atoms with Crippen LogP contribution in [0, 0.1) is 18.3 Å². The van der Waals surface area contributed by atoms with E-state index < -0.39 is 0 Å². The van der Waals surface area contributed by atoms with Crippen LogP contribution >= 0.6 is 27.5 Å². The molecule has 0 bridgehead atoms. The van der Waals surface area contributed by atoms with E-state index in [4.69, 9.17) is 16.9 Å². The predicted octanol–water partition coefficient (Wildman–Crippen LogP) is 2.68. The van der Waals surface area contributed by atoms with Crippen molar-refractivity contribution in [2.45, 2.75) is 6.92 Å². The molecule has 0 radical (unpaired) electrons. The molecule has 0 atom stereocenters. The van der Waals surface area contributed by atoms with Crippen molar-refractivity contribution in [1.29, 1.82) is 5.26 Å². The lowest BCUT2D eigenvalue weighted by atomic mass is 10.3. The third-order valence-corrected chi connectivity index (χ3v) is 2.85. The smallest absolute Gasteiger partial charge is 0.102 e. The number of halogens is 2. The summed E-state index contributed by atoms with van der Waals surface area (Å²) in [4.78, 5) is 3.96. The average molecular weight is 231 g/mol. The first kappa shape index (κ1) is 8.51. The van der Waals surface area contributed by atoms with E-state index >= 15 is 0 Å². The second kappa shape index (κ2) is 3.21. The Labute approximate surface area is 77.9 Å². The fraction of sp³-hybridized carbons (Fsp3) is 0.143. The van der Waals surface area contributed by atoms with Gasteiger partial charge < -0.3 is 0 Å². The molecule has 0 spiro atoms. The van der Waals surface area contributed by atoms with Crippen LogP contribution < -0.4 is 0 Å². The summed E-state index contributed by atoms with van der Waals surface area (Å²) in [6.07, 6.45) is 1.46. The van der Waals surface area contributed by atoms with Gasteiger partial charge >= 0.3 is 0 Å². The van der Waals surface area contributed by atoms with Gasteiger partial charge in [-0.2, -0.15) is 5.26 Å². The van der Waals surface area contributed by atoms with Gasteiger partial charge in [-0.25, -0.2) is 0 Å². The van der Waals surface area contributed by atoms with Gasteiger partial charge in [-0.1, -0.05) is 11.6 Å². The maximum absolute atomic E-state index is 8.54. The summed E-state index contributed by atoms with van der Waals surface area (Å²) < 4.78 is 0.693. The van der Waals surface area contributed by atoms with Gasteiger partial charge in [-0.15, -0.1) is 0 Å². The quantitative estimate of drug-likeness (QED) is 0.688. The van der Waals surface area contributed by atoms with Gasteiger partial charge in [0.15, 0.2) is 0 Å². The second-order valence-electron chi connectivity index (χ2n) is 2.00. The van der Waals surface area contributed by atoms with E-state index in [-0.39, 0.29) is 0 Å². The lowest BCUT2D eigenvalue weighted by Gasteiger charge is -1.99. The largest absolute Gasteiger partial charge is 0.259 e. The van der Waals surface area contributed by atoms with Gasteiger partial charge in [0.25, 0.3) is 0 Å². The predicted molar refractivity (Wildman–Crippen MR) is 46.4 cm³/mol. The van der Waals surface area contributed by atoms with Crippen molar-refractivity contribution in [1.82, 2.24) is 4.98 Å². The Morgan fingerprint density at radius 2 is 2.36 bits per heavy atom. The molecular formula is C7H4BrClN2. The van der Waals surface area contributed by atoms with Crippen LogP contribution in [0.25, 0.3) is 0 Å². The zero-order valence-corrected chi connectivity index (χ0v) is 8.07. The molecule has 0 aliphatic rings. The summed E-state index contributed by atoms with van der Waals surface area (Å²) in [5.41, 5.74) is 1.18. The molecule has 56 valence electrons. The van der Waals surface area contributed by atoms with Gasteiger partial charge in [0.05, 0.1) is 20.8 Å². The van der Waals surface area contributed by atoms with Crippen molar-refractivity contribution >= 4 is 27.5 Å². The first-order valence-corrected chi connectivity index (χ1v) is 4.04. The van der Waals surface area contributed by atoms with Crippen molar-refractivity contribution < 1.29 is 0 Å². The molecule has 1 rings (SSSR count). The van der Waals surface area contributed by atoms with Gasteiger partial charge in [0.2, 0.25) is 0 Å². The molecule has 0 saturated heterocycles. The van der Waals surface area contributed by atoms with Crippen LogP contribution in [0.5, 0.6) is 0 Å². The molecule has 1 aromatic heterocycles. The Kier molecular flexibility index (Phi) is 2.48. The number of nitriles is 1. The molecule has 0 fully saturated rings. The monoisotopic (exact) mass is 230 g/mol. The zero-order valence-electron chi connectivity index (χ0n) is 5.73. The normalized spacial score (nSPS) is 9.27. The van der Waals surface area contributed by atoms with Gasteiger partial charge in [0, 0.05) is 6.20 Å². The number of hydrogen-bond acceptors (Lipinski definition) is 2. The number of pyridine rings is 1. The number of hydrogen-bond donors (Lipinski definition) is 0. The molecule has 0 saturated carbocycles. The summed E-state index contributed by atoms with van der Waals surface area (Å²) in [6.45, 7) is 1.82. The molecule has 0 N–H and O–H groups in total. The first-order valence-electron chi connectivity index (χ1n) is 2.87. The minimum atomic E-state index is 0.393. The maximum atomic E-state index is 8.54. The van der Waals surface area contributed by atoms with Crippen molar-refractivity contribution in [3.8, 4) is 6.07 Å². The highest BCUT2D eigenvalue weighted by Gasteiger charge is 2.06. The molecule has 2 nitrogen and oxygen atoms in total. The minimum Gasteiger partial charge on any atom is -0.259 e. The fourth-order valence-corrected chi connectivity index (χ4v) is 1.17. The van der Waals surface area contributed by atoms with Crippen molar-refractivity contribution in [2.75, 3.05) is 0 Å². The van der Waals surface area contributed by atoms with E-state index in [0.29, 0.717) is 15.1 Å². The molecule has 11 heavy (non-hydrogen) atoms. The summed E-state index contributed by atoms with van der Waals surface area (Å²) >= 11 is 9.01. The molecule has 4 heteroatoms. The summed E-state index contributed by atoms with van der Waals surface area (Å²) in [5, 5.41) is 8.97. The molecule has 0 unspecified atom stereocenters. The molecule has 0 aromatic carbocycles. The maximum Gasteiger partial charge on any atom is 0.102 e. The summed E-state index contributed by atoms with van der Waals surface area (Å²) in [7, 11) is 0. The lowest BCUT2D eigenvalue weighted by molar-refractivity contribution is 1.17. The topological polar surface area (TPSA) is 36.7 Å². The molecule has 0 aliphatic carbocycles. The van der Waals surface area contributed by atoms with E-state index in [1.54, 1.807) is 0 Å².